The Morgan fingerprint density at radius 1 is 1.22 bits per heavy atom. The van der Waals surface area contributed by atoms with Gasteiger partial charge in [-0.1, -0.05) is 12.1 Å². The Hall–Kier alpha value is -2.41. The fraction of sp³-hybridized carbons (Fsp3) is 0.188. The maximum absolute atomic E-state index is 13.6. The summed E-state index contributed by atoms with van der Waals surface area (Å²) in [5, 5.41) is 2.51. The first-order valence-electron chi connectivity index (χ1n) is 7.03. The summed E-state index contributed by atoms with van der Waals surface area (Å²) in [6.07, 6.45) is 1.70. The van der Waals surface area contributed by atoms with Crippen molar-refractivity contribution in [3.05, 3.63) is 59.4 Å². The normalized spacial score (nSPS) is 13.7. The number of para-hydroxylation sites is 1. The summed E-state index contributed by atoms with van der Waals surface area (Å²) in [6.45, 7) is 0.368. The average molecular weight is 334 g/mol. The summed E-state index contributed by atoms with van der Waals surface area (Å²) in [4.78, 5) is 12.2. The van der Waals surface area contributed by atoms with Crippen molar-refractivity contribution in [1.29, 1.82) is 0 Å². The van der Waals surface area contributed by atoms with Gasteiger partial charge < -0.3 is 5.32 Å². The number of hydrogen-bond donors (Lipinski definition) is 1. The topological polar surface area (TPSA) is 66.5 Å². The predicted octanol–water partition coefficient (Wildman–Crippen LogP) is 2.40. The first-order valence-corrected chi connectivity index (χ1v) is 8.87. The molecule has 3 rings (SSSR count). The smallest absolute Gasteiger partial charge is 0.255 e. The van der Waals surface area contributed by atoms with Crippen LogP contribution in [0.25, 0.3) is 0 Å². The second-order valence-electron chi connectivity index (χ2n) is 5.36. The zero-order valence-corrected chi connectivity index (χ0v) is 13.2. The van der Waals surface area contributed by atoms with E-state index in [4.69, 9.17) is 0 Å². The van der Waals surface area contributed by atoms with Gasteiger partial charge in [0.15, 0.2) is 0 Å². The first-order chi connectivity index (χ1) is 10.9. The second-order valence-corrected chi connectivity index (χ2v) is 7.27. The van der Waals surface area contributed by atoms with Gasteiger partial charge in [-0.3, -0.25) is 9.10 Å². The molecule has 7 heteroatoms. The molecular weight excluding hydrogens is 319 g/mol. The highest BCUT2D eigenvalue weighted by atomic mass is 32.2. The van der Waals surface area contributed by atoms with E-state index in [1.165, 1.54) is 16.4 Å². The summed E-state index contributed by atoms with van der Waals surface area (Å²) >= 11 is 0. The number of nitrogens with zero attached hydrogens (tertiary/aromatic N) is 1. The van der Waals surface area contributed by atoms with E-state index in [9.17, 15) is 17.6 Å². The van der Waals surface area contributed by atoms with Crippen LogP contribution in [-0.4, -0.2) is 27.1 Å². The SMILES string of the molecule is CS(=O)(=O)N1CCc2cc(C(=O)Nc3ccccc3F)ccc21. The lowest BCUT2D eigenvalue weighted by molar-refractivity contribution is 0.102. The molecule has 1 amide bonds. The fourth-order valence-electron chi connectivity index (χ4n) is 2.61. The van der Waals surface area contributed by atoms with Crippen LogP contribution in [0.3, 0.4) is 0 Å². The number of rotatable bonds is 3. The lowest BCUT2D eigenvalue weighted by Gasteiger charge is -2.16. The molecule has 120 valence electrons. The zero-order valence-electron chi connectivity index (χ0n) is 12.4. The molecule has 0 bridgehead atoms. The molecule has 0 unspecified atom stereocenters. The van der Waals surface area contributed by atoms with Crippen LogP contribution >= 0.6 is 0 Å². The van der Waals surface area contributed by atoms with E-state index < -0.39 is 21.7 Å². The quantitative estimate of drug-likeness (QED) is 0.937. The van der Waals surface area contributed by atoms with E-state index in [2.05, 4.69) is 5.32 Å². The molecule has 1 N–H and O–H groups in total. The van der Waals surface area contributed by atoms with Crippen LogP contribution in [0, 0.1) is 5.82 Å². The van der Waals surface area contributed by atoms with Crippen molar-refractivity contribution in [3.8, 4) is 0 Å². The second kappa shape index (κ2) is 5.66. The molecule has 1 heterocycles. The molecule has 1 aliphatic rings. The molecule has 5 nitrogen and oxygen atoms in total. The van der Waals surface area contributed by atoms with Crippen LogP contribution in [0.2, 0.25) is 0 Å². The summed E-state index contributed by atoms with van der Waals surface area (Å²) in [7, 11) is -3.32. The van der Waals surface area contributed by atoms with Gasteiger partial charge >= 0.3 is 0 Å². The van der Waals surface area contributed by atoms with Gasteiger partial charge in [0.1, 0.15) is 5.82 Å². The Labute approximate surface area is 133 Å². The number of hydrogen-bond acceptors (Lipinski definition) is 3. The van der Waals surface area contributed by atoms with E-state index in [0.717, 1.165) is 11.8 Å². The van der Waals surface area contributed by atoms with Gasteiger partial charge in [-0.25, -0.2) is 12.8 Å². The molecule has 0 atom stereocenters. The monoisotopic (exact) mass is 334 g/mol. The van der Waals surface area contributed by atoms with E-state index >= 15 is 0 Å². The molecule has 0 aliphatic carbocycles. The van der Waals surface area contributed by atoms with Crippen molar-refractivity contribution in [1.82, 2.24) is 0 Å². The summed E-state index contributed by atoms with van der Waals surface area (Å²) in [6, 6.07) is 10.7. The van der Waals surface area contributed by atoms with Crippen LogP contribution in [0.5, 0.6) is 0 Å². The summed E-state index contributed by atoms with van der Waals surface area (Å²) in [5.41, 5.74) is 1.85. The lowest BCUT2D eigenvalue weighted by atomic mass is 10.1. The van der Waals surface area contributed by atoms with Crippen molar-refractivity contribution < 1.29 is 17.6 Å². The van der Waals surface area contributed by atoms with Gasteiger partial charge in [0.2, 0.25) is 10.0 Å². The Bertz CT molecular complexity index is 881. The molecule has 23 heavy (non-hydrogen) atoms. The molecule has 2 aromatic carbocycles. The fourth-order valence-corrected chi connectivity index (χ4v) is 3.57. The van der Waals surface area contributed by atoms with Crippen molar-refractivity contribution in [2.24, 2.45) is 0 Å². The van der Waals surface area contributed by atoms with Crippen molar-refractivity contribution >= 4 is 27.3 Å². The lowest BCUT2D eigenvalue weighted by Crippen LogP contribution is -2.27. The summed E-state index contributed by atoms with van der Waals surface area (Å²) < 4.78 is 38.3. The minimum absolute atomic E-state index is 0.107. The maximum Gasteiger partial charge on any atom is 0.255 e. The van der Waals surface area contributed by atoms with Gasteiger partial charge in [-0.2, -0.15) is 0 Å². The molecular formula is C16H15FN2O3S. The molecule has 0 spiro atoms. The van der Waals surface area contributed by atoms with Gasteiger partial charge in [0.05, 0.1) is 17.6 Å². The molecule has 0 radical (unpaired) electrons. The van der Waals surface area contributed by atoms with Crippen LogP contribution < -0.4 is 9.62 Å². The molecule has 0 aromatic heterocycles. The first kappa shape index (κ1) is 15.5. The molecule has 0 saturated heterocycles. The molecule has 0 fully saturated rings. The highest BCUT2D eigenvalue weighted by molar-refractivity contribution is 7.92. The maximum atomic E-state index is 13.6. The minimum atomic E-state index is -3.32. The number of fused-ring (bicyclic) bond motifs is 1. The number of sulfonamides is 1. The van der Waals surface area contributed by atoms with Gasteiger partial charge in [0.25, 0.3) is 5.91 Å². The van der Waals surface area contributed by atoms with E-state index in [1.807, 2.05) is 0 Å². The van der Waals surface area contributed by atoms with Crippen molar-refractivity contribution in [3.63, 3.8) is 0 Å². The highest BCUT2D eigenvalue weighted by Crippen LogP contribution is 2.31. The van der Waals surface area contributed by atoms with Crippen molar-refractivity contribution in [2.45, 2.75) is 6.42 Å². The van der Waals surface area contributed by atoms with Gasteiger partial charge in [0, 0.05) is 12.1 Å². The van der Waals surface area contributed by atoms with Crippen LogP contribution in [0.15, 0.2) is 42.5 Å². The number of halogens is 1. The molecule has 2 aromatic rings. The Balaban J connectivity index is 1.86. The average Bonchev–Trinajstić information content (AvgIpc) is 2.92. The third-order valence-corrected chi connectivity index (χ3v) is 4.90. The third-order valence-electron chi connectivity index (χ3n) is 3.72. The van der Waals surface area contributed by atoms with E-state index in [-0.39, 0.29) is 5.69 Å². The van der Waals surface area contributed by atoms with E-state index in [0.29, 0.717) is 24.2 Å². The number of carbonyl (C=O) groups excluding carboxylic acids is 1. The van der Waals surface area contributed by atoms with Gasteiger partial charge in [-0.05, 0) is 42.3 Å². The number of amides is 1. The van der Waals surface area contributed by atoms with Crippen LogP contribution in [0.4, 0.5) is 15.8 Å². The van der Waals surface area contributed by atoms with Gasteiger partial charge in [-0.15, -0.1) is 0 Å². The van der Waals surface area contributed by atoms with E-state index in [1.54, 1.807) is 30.3 Å². The van der Waals surface area contributed by atoms with Crippen LogP contribution in [-0.2, 0) is 16.4 Å². The van der Waals surface area contributed by atoms with Crippen molar-refractivity contribution in [2.75, 3.05) is 22.4 Å². The molecule has 0 saturated carbocycles. The van der Waals surface area contributed by atoms with Crippen LogP contribution in [0.1, 0.15) is 15.9 Å². The largest absolute Gasteiger partial charge is 0.319 e. The highest BCUT2D eigenvalue weighted by Gasteiger charge is 2.26. The molecule has 1 aliphatic heterocycles. The zero-order chi connectivity index (χ0) is 16.6. The standard InChI is InChI=1S/C16H15FN2O3S/c1-23(21,22)19-9-8-11-10-12(6-7-15(11)19)16(20)18-14-5-3-2-4-13(14)17/h2-7,10H,8-9H2,1H3,(H,18,20). The minimum Gasteiger partial charge on any atom is -0.319 e. The third kappa shape index (κ3) is 3.05. The Morgan fingerprint density at radius 3 is 2.65 bits per heavy atom. The number of nitrogens with one attached hydrogen (secondary N) is 1. The predicted molar refractivity (Wildman–Crippen MR) is 86.7 cm³/mol. The Morgan fingerprint density at radius 2 is 1.96 bits per heavy atom. The number of anilines is 2. The number of carbonyl (C=O) groups is 1. The summed E-state index contributed by atoms with van der Waals surface area (Å²) in [5.74, 6) is -0.944. The number of benzene rings is 2. The Kier molecular flexibility index (Phi) is 3.81.